The van der Waals surface area contributed by atoms with Crippen molar-refractivity contribution in [3.8, 4) is 0 Å². The van der Waals surface area contributed by atoms with Gasteiger partial charge in [-0.3, -0.25) is 0 Å². The van der Waals surface area contributed by atoms with Crippen LogP contribution in [0.1, 0.15) is 24.5 Å². The molecular formula is C13H16FNO3. The number of rotatable bonds is 3. The average Bonchev–Trinajstić information content (AvgIpc) is 2.90. The number of halogens is 1. The highest BCUT2D eigenvalue weighted by atomic mass is 19.1. The molecule has 1 aromatic rings. The minimum Gasteiger partial charge on any atom is -0.467 e. The van der Waals surface area contributed by atoms with Crippen molar-refractivity contribution < 1.29 is 19.0 Å². The van der Waals surface area contributed by atoms with Gasteiger partial charge in [-0.25, -0.2) is 9.18 Å². The van der Waals surface area contributed by atoms with E-state index in [1.807, 2.05) is 4.90 Å². The van der Waals surface area contributed by atoms with E-state index < -0.39 is 17.9 Å². The van der Waals surface area contributed by atoms with Crippen LogP contribution in [0.3, 0.4) is 0 Å². The van der Waals surface area contributed by atoms with Crippen molar-refractivity contribution in [3.05, 3.63) is 29.6 Å². The summed E-state index contributed by atoms with van der Waals surface area (Å²) in [6.45, 7) is 1.62. The van der Waals surface area contributed by atoms with Crippen LogP contribution in [0.25, 0.3) is 0 Å². The number of hydrogen-bond acceptors (Lipinski definition) is 4. The molecule has 0 bridgehead atoms. The highest BCUT2D eigenvalue weighted by Crippen LogP contribution is 2.31. The Morgan fingerprint density at radius 2 is 2.11 bits per heavy atom. The highest BCUT2D eigenvalue weighted by molar-refractivity contribution is 5.79. The molecule has 1 unspecified atom stereocenters. The highest BCUT2D eigenvalue weighted by Gasteiger charge is 2.27. The summed E-state index contributed by atoms with van der Waals surface area (Å²) in [6.07, 6.45) is 0.487. The third kappa shape index (κ3) is 2.31. The first-order chi connectivity index (χ1) is 8.65. The fourth-order valence-corrected chi connectivity index (χ4v) is 2.26. The largest absolute Gasteiger partial charge is 0.467 e. The zero-order valence-corrected chi connectivity index (χ0v) is 10.2. The molecule has 1 atom stereocenters. The van der Waals surface area contributed by atoms with E-state index in [-0.39, 0.29) is 5.56 Å². The summed E-state index contributed by atoms with van der Waals surface area (Å²) in [4.78, 5) is 13.4. The summed E-state index contributed by atoms with van der Waals surface area (Å²) < 4.78 is 18.3. The second-order valence-corrected chi connectivity index (χ2v) is 4.29. The Morgan fingerprint density at radius 3 is 2.72 bits per heavy atom. The van der Waals surface area contributed by atoms with Crippen molar-refractivity contribution in [3.63, 3.8) is 0 Å². The van der Waals surface area contributed by atoms with Gasteiger partial charge in [0.15, 0.2) is 6.10 Å². The van der Waals surface area contributed by atoms with E-state index in [1.54, 1.807) is 12.1 Å². The van der Waals surface area contributed by atoms with E-state index in [0.717, 1.165) is 25.9 Å². The van der Waals surface area contributed by atoms with Crippen LogP contribution in [0, 0.1) is 5.82 Å². The minimum absolute atomic E-state index is 0.00579. The van der Waals surface area contributed by atoms with Gasteiger partial charge in [-0.2, -0.15) is 0 Å². The van der Waals surface area contributed by atoms with Crippen LogP contribution in [-0.4, -0.2) is 31.3 Å². The van der Waals surface area contributed by atoms with E-state index in [4.69, 9.17) is 0 Å². The van der Waals surface area contributed by atoms with E-state index in [9.17, 15) is 14.3 Å². The Hall–Kier alpha value is -1.62. The van der Waals surface area contributed by atoms with Gasteiger partial charge >= 0.3 is 5.97 Å². The van der Waals surface area contributed by atoms with Gasteiger partial charge in [-0.05, 0) is 25.0 Å². The molecule has 1 aromatic carbocycles. The lowest BCUT2D eigenvalue weighted by atomic mass is 10.1. The fourth-order valence-electron chi connectivity index (χ4n) is 2.26. The number of hydrogen-bond donors (Lipinski definition) is 1. The van der Waals surface area contributed by atoms with Crippen LogP contribution in [0.2, 0.25) is 0 Å². The number of aliphatic hydroxyl groups is 1. The number of esters is 1. The summed E-state index contributed by atoms with van der Waals surface area (Å²) >= 11 is 0. The van der Waals surface area contributed by atoms with Crippen molar-refractivity contribution in [2.24, 2.45) is 0 Å². The van der Waals surface area contributed by atoms with Crippen molar-refractivity contribution in [1.82, 2.24) is 0 Å². The Labute approximate surface area is 105 Å². The van der Waals surface area contributed by atoms with Gasteiger partial charge in [0.05, 0.1) is 12.7 Å². The van der Waals surface area contributed by atoms with E-state index in [1.165, 1.54) is 13.2 Å². The van der Waals surface area contributed by atoms with Crippen LogP contribution in [0.4, 0.5) is 10.1 Å². The smallest absolute Gasteiger partial charge is 0.339 e. The number of nitrogens with zero attached hydrogens (tertiary/aromatic N) is 1. The lowest BCUT2D eigenvalue weighted by molar-refractivity contribution is -0.150. The molecule has 98 valence electrons. The van der Waals surface area contributed by atoms with Crippen LogP contribution in [0.5, 0.6) is 0 Å². The lowest BCUT2D eigenvalue weighted by Gasteiger charge is -2.23. The molecule has 0 saturated carbocycles. The summed E-state index contributed by atoms with van der Waals surface area (Å²) in [5.74, 6) is -1.43. The Balaban J connectivity index is 2.40. The van der Waals surface area contributed by atoms with Gasteiger partial charge in [0, 0.05) is 18.8 Å². The van der Waals surface area contributed by atoms with Crippen LogP contribution < -0.4 is 4.90 Å². The van der Waals surface area contributed by atoms with Crippen molar-refractivity contribution in [2.75, 3.05) is 25.1 Å². The molecule has 1 aliphatic rings. The molecule has 1 aliphatic heterocycles. The summed E-state index contributed by atoms with van der Waals surface area (Å²) in [5, 5.41) is 9.87. The lowest BCUT2D eigenvalue weighted by Crippen LogP contribution is -2.23. The molecule has 4 nitrogen and oxygen atoms in total. The number of benzene rings is 1. The third-order valence-corrected chi connectivity index (χ3v) is 3.17. The zero-order valence-electron chi connectivity index (χ0n) is 10.2. The maximum absolute atomic E-state index is 13.9. The second kappa shape index (κ2) is 5.35. The van der Waals surface area contributed by atoms with E-state index in [0.29, 0.717) is 5.69 Å². The molecule has 1 saturated heterocycles. The van der Waals surface area contributed by atoms with Crippen molar-refractivity contribution in [1.29, 1.82) is 0 Å². The first-order valence-corrected chi connectivity index (χ1v) is 5.94. The summed E-state index contributed by atoms with van der Waals surface area (Å²) in [5.41, 5.74) is 0.580. The van der Waals surface area contributed by atoms with E-state index >= 15 is 0 Å². The Kier molecular flexibility index (Phi) is 3.81. The topological polar surface area (TPSA) is 49.8 Å². The first-order valence-electron chi connectivity index (χ1n) is 5.94. The van der Waals surface area contributed by atoms with Crippen LogP contribution >= 0.6 is 0 Å². The fraction of sp³-hybridized carbons (Fsp3) is 0.462. The number of carbonyl (C=O) groups excluding carboxylic acids is 1. The number of ether oxygens (including phenoxy) is 1. The molecule has 5 heteroatoms. The molecule has 1 N–H and O–H groups in total. The molecule has 2 rings (SSSR count). The number of anilines is 1. The monoisotopic (exact) mass is 253 g/mol. The predicted octanol–water partition coefficient (Wildman–Crippen LogP) is 1.63. The van der Waals surface area contributed by atoms with Gasteiger partial charge < -0.3 is 14.7 Å². The molecule has 0 spiro atoms. The van der Waals surface area contributed by atoms with Crippen LogP contribution in [-0.2, 0) is 9.53 Å². The van der Waals surface area contributed by atoms with Gasteiger partial charge in [-0.1, -0.05) is 6.07 Å². The quantitative estimate of drug-likeness (QED) is 0.832. The Bertz CT molecular complexity index is 444. The standard InChI is InChI=1S/C13H16FNO3/c1-18-13(17)12(16)11-9(14)5-4-6-10(11)15-7-2-3-8-15/h4-6,12,16H,2-3,7-8H2,1H3. The molecule has 0 amide bonds. The molecule has 18 heavy (non-hydrogen) atoms. The molecule has 0 radical (unpaired) electrons. The van der Waals surface area contributed by atoms with Gasteiger partial charge in [-0.15, -0.1) is 0 Å². The molecular weight excluding hydrogens is 237 g/mol. The van der Waals surface area contributed by atoms with Gasteiger partial charge in [0.1, 0.15) is 5.82 Å². The second-order valence-electron chi connectivity index (χ2n) is 4.29. The normalized spacial score (nSPS) is 16.7. The summed E-state index contributed by atoms with van der Waals surface area (Å²) in [7, 11) is 1.17. The first kappa shape index (κ1) is 12.8. The maximum atomic E-state index is 13.9. The van der Waals surface area contributed by atoms with Crippen LogP contribution in [0.15, 0.2) is 18.2 Å². The number of methoxy groups -OCH3 is 1. The minimum atomic E-state index is -1.58. The van der Waals surface area contributed by atoms with Crippen molar-refractivity contribution in [2.45, 2.75) is 18.9 Å². The SMILES string of the molecule is COC(=O)C(O)c1c(F)cccc1N1CCCC1. The van der Waals surface area contributed by atoms with Gasteiger partial charge in [0.25, 0.3) is 0 Å². The number of aliphatic hydroxyl groups excluding tert-OH is 1. The molecule has 1 fully saturated rings. The zero-order chi connectivity index (χ0) is 13.1. The summed E-state index contributed by atoms with van der Waals surface area (Å²) in [6, 6.07) is 4.54. The average molecular weight is 253 g/mol. The molecule has 1 heterocycles. The van der Waals surface area contributed by atoms with E-state index in [2.05, 4.69) is 4.74 Å². The van der Waals surface area contributed by atoms with Gasteiger partial charge in [0.2, 0.25) is 0 Å². The molecule has 0 aromatic heterocycles. The Morgan fingerprint density at radius 1 is 1.44 bits per heavy atom. The molecule has 0 aliphatic carbocycles. The maximum Gasteiger partial charge on any atom is 0.339 e. The predicted molar refractivity (Wildman–Crippen MR) is 64.8 cm³/mol. The third-order valence-electron chi connectivity index (χ3n) is 3.17. The van der Waals surface area contributed by atoms with Crippen molar-refractivity contribution >= 4 is 11.7 Å². The number of carbonyl (C=O) groups is 1.